The Morgan fingerprint density at radius 1 is 1.07 bits per heavy atom. The van der Waals surface area contributed by atoms with Crippen molar-refractivity contribution >= 4 is 23.2 Å². The SMILES string of the molecule is Cc1ccc(NC(=O)C2CCCCC2C(=O)N2CCc3ccccc32)c(F)c1. The third-order valence-electron chi connectivity index (χ3n) is 5.96. The minimum atomic E-state index is -0.444. The van der Waals surface area contributed by atoms with E-state index in [0.29, 0.717) is 19.4 Å². The van der Waals surface area contributed by atoms with Crippen molar-refractivity contribution in [3.63, 3.8) is 0 Å². The molecule has 1 aliphatic carbocycles. The number of aryl methyl sites for hydroxylation is 1. The van der Waals surface area contributed by atoms with Gasteiger partial charge in [-0.2, -0.15) is 0 Å². The number of hydrogen-bond donors (Lipinski definition) is 1. The van der Waals surface area contributed by atoms with Crippen molar-refractivity contribution in [2.45, 2.75) is 39.0 Å². The van der Waals surface area contributed by atoms with Crippen LogP contribution in [0.2, 0.25) is 0 Å². The van der Waals surface area contributed by atoms with Gasteiger partial charge >= 0.3 is 0 Å². The topological polar surface area (TPSA) is 49.4 Å². The van der Waals surface area contributed by atoms with Gasteiger partial charge in [0.05, 0.1) is 11.6 Å². The molecule has 0 bridgehead atoms. The van der Waals surface area contributed by atoms with Crippen molar-refractivity contribution < 1.29 is 14.0 Å². The first kappa shape index (κ1) is 18.7. The molecule has 1 aliphatic heterocycles. The minimum absolute atomic E-state index is 0.0224. The van der Waals surface area contributed by atoms with E-state index in [2.05, 4.69) is 5.32 Å². The summed E-state index contributed by atoms with van der Waals surface area (Å²) >= 11 is 0. The van der Waals surface area contributed by atoms with E-state index >= 15 is 0 Å². The van der Waals surface area contributed by atoms with Crippen LogP contribution in [0.3, 0.4) is 0 Å². The Morgan fingerprint density at radius 3 is 2.61 bits per heavy atom. The summed E-state index contributed by atoms with van der Waals surface area (Å²) in [6.07, 6.45) is 4.06. The molecule has 146 valence electrons. The summed E-state index contributed by atoms with van der Waals surface area (Å²) in [6, 6.07) is 12.7. The molecule has 1 fully saturated rings. The minimum Gasteiger partial charge on any atom is -0.323 e. The average Bonchev–Trinajstić information content (AvgIpc) is 3.13. The quantitative estimate of drug-likeness (QED) is 0.854. The van der Waals surface area contributed by atoms with Gasteiger partial charge in [0.1, 0.15) is 5.82 Å². The number of carbonyl (C=O) groups excluding carboxylic acids is 2. The molecule has 0 spiro atoms. The number of amides is 2. The third kappa shape index (κ3) is 3.53. The third-order valence-corrected chi connectivity index (χ3v) is 5.96. The molecule has 0 aromatic heterocycles. The van der Waals surface area contributed by atoms with Crippen molar-refractivity contribution in [2.75, 3.05) is 16.8 Å². The molecule has 2 atom stereocenters. The van der Waals surface area contributed by atoms with E-state index in [9.17, 15) is 14.0 Å². The molecular weight excluding hydrogens is 355 g/mol. The molecule has 28 heavy (non-hydrogen) atoms. The average molecular weight is 380 g/mol. The number of rotatable bonds is 3. The van der Waals surface area contributed by atoms with Crippen LogP contribution in [-0.2, 0) is 16.0 Å². The number of hydrogen-bond acceptors (Lipinski definition) is 2. The number of benzene rings is 2. The first-order chi connectivity index (χ1) is 13.5. The number of para-hydroxylation sites is 1. The molecule has 2 unspecified atom stereocenters. The van der Waals surface area contributed by atoms with Gasteiger partial charge in [0.2, 0.25) is 11.8 Å². The van der Waals surface area contributed by atoms with Gasteiger partial charge in [0.25, 0.3) is 0 Å². The van der Waals surface area contributed by atoms with E-state index in [1.165, 1.54) is 11.6 Å². The van der Waals surface area contributed by atoms with Crippen LogP contribution in [0.5, 0.6) is 0 Å². The lowest BCUT2D eigenvalue weighted by atomic mass is 9.77. The van der Waals surface area contributed by atoms with Crippen molar-refractivity contribution in [1.29, 1.82) is 0 Å². The van der Waals surface area contributed by atoms with Gasteiger partial charge < -0.3 is 10.2 Å². The maximum absolute atomic E-state index is 14.2. The van der Waals surface area contributed by atoms with Gasteiger partial charge in [-0.3, -0.25) is 9.59 Å². The standard InChI is InChI=1S/C23H25FN2O2/c1-15-10-11-20(19(24)14-15)25-22(27)17-7-3-4-8-18(17)23(28)26-13-12-16-6-2-5-9-21(16)26/h2,5-6,9-11,14,17-18H,3-4,7-8,12-13H2,1H3,(H,25,27). The van der Waals surface area contributed by atoms with Gasteiger partial charge in [-0.1, -0.05) is 37.1 Å². The van der Waals surface area contributed by atoms with Gasteiger partial charge in [0, 0.05) is 18.2 Å². The molecule has 0 saturated heterocycles. The summed E-state index contributed by atoms with van der Waals surface area (Å²) in [5.41, 5.74) is 3.11. The van der Waals surface area contributed by atoms with Crippen LogP contribution < -0.4 is 10.2 Å². The maximum atomic E-state index is 14.2. The summed E-state index contributed by atoms with van der Waals surface area (Å²) in [5.74, 6) is -1.45. The normalized spacial score (nSPS) is 21.3. The van der Waals surface area contributed by atoms with E-state index in [-0.39, 0.29) is 23.4 Å². The highest BCUT2D eigenvalue weighted by Crippen LogP contribution is 2.36. The number of anilines is 2. The van der Waals surface area contributed by atoms with Crippen LogP contribution in [0.25, 0.3) is 0 Å². The number of halogens is 1. The molecule has 1 N–H and O–H groups in total. The molecule has 0 radical (unpaired) electrons. The Bertz CT molecular complexity index is 911. The van der Waals surface area contributed by atoms with Crippen molar-refractivity contribution in [3.05, 3.63) is 59.4 Å². The number of nitrogens with one attached hydrogen (secondary N) is 1. The van der Waals surface area contributed by atoms with E-state index in [4.69, 9.17) is 0 Å². The first-order valence-corrected chi connectivity index (χ1v) is 10.0. The monoisotopic (exact) mass is 380 g/mol. The number of nitrogens with zero attached hydrogens (tertiary/aromatic N) is 1. The molecule has 4 rings (SSSR count). The fourth-order valence-corrected chi connectivity index (χ4v) is 4.45. The zero-order valence-electron chi connectivity index (χ0n) is 16.1. The Labute approximate surface area is 164 Å². The van der Waals surface area contributed by atoms with Crippen molar-refractivity contribution in [2.24, 2.45) is 11.8 Å². The predicted molar refractivity (Wildman–Crippen MR) is 108 cm³/mol. The lowest BCUT2D eigenvalue weighted by Crippen LogP contribution is -2.43. The lowest BCUT2D eigenvalue weighted by molar-refractivity contribution is -0.132. The second-order valence-electron chi connectivity index (χ2n) is 7.84. The maximum Gasteiger partial charge on any atom is 0.230 e. The predicted octanol–water partition coefficient (Wildman–Crippen LogP) is 4.47. The van der Waals surface area contributed by atoms with Gasteiger partial charge in [-0.05, 0) is 55.5 Å². The highest BCUT2D eigenvalue weighted by molar-refractivity contribution is 6.02. The van der Waals surface area contributed by atoms with Crippen LogP contribution in [0.4, 0.5) is 15.8 Å². The summed E-state index contributed by atoms with van der Waals surface area (Å²) < 4.78 is 14.2. The molecule has 2 aromatic rings. The highest BCUT2D eigenvalue weighted by atomic mass is 19.1. The molecule has 2 aromatic carbocycles. The van der Waals surface area contributed by atoms with E-state index < -0.39 is 11.7 Å². The van der Waals surface area contributed by atoms with E-state index in [1.807, 2.05) is 29.2 Å². The summed E-state index contributed by atoms with van der Waals surface area (Å²) in [5, 5.41) is 2.72. The molecule has 2 amide bonds. The molecule has 4 nitrogen and oxygen atoms in total. The summed E-state index contributed by atoms with van der Waals surface area (Å²) in [4.78, 5) is 28.1. The van der Waals surface area contributed by atoms with E-state index in [1.54, 1.807) is 19.1 Å². The second-order valence-corrected chi connectivity index (χ2v) is 7.84. The Kier molecular flexibility index (Phi) is 5.16. The van der Waals surface area contributed by atoms with Gasteiger partial charge in [-0.25, -0.2) is 4.39 Å². The zero-order valence-corrected chi connectivity index (χ0v) is 16.1. The molecule has 2 aliphatic rings. The van der Waals surface area contributed by atoms with E-state index in [0.717, 1.165) is 30.5 Å². The highest BCUT2D eigenvalue weighted by Gasteiger charge is 2.39. The summed E-state index contributed by atoms with van der Waals surface area (Å²) in [6.45, 7) is 2.47. The fraction of sp³-hybridized carbons (Fsp3) is 0.391. The zero-order chi connectivity index (χ0) is 19.7. The van der Waals surface area contributed by atoms with Crippen LogP contribution in [0.1, 0.15) is 36.8 Å². The number of carbonyl (C=O) groups is 2. The van der Waals surface area contributed by atoms with Gasteiger partial charge in [-0.15, -0.1) is 0 Å². The van der Waals surface area contributed by atoms with Crippen LogP contribution in [-0.4, -0.2) is 18.4 Å². The molecule has 1 heterocycles. The smallest absolute Gasteiger partial charge is 0.230 e. The summed E-state index contributed by atoms with van der Waals surface area (Å²) in [7, 11) is 0. The van der Waals surface area contributed by atoms with Crippen LogP contribution in [0.15, 0.2) is 42.5 Å². The fourth-order valence-electron chi connectivity index (χ4n) is 4.45. The molecule has 1 saturated carbocycles. The van der Waals surface area contributed by atoms with Crippen LogP contribution in [0, 0.1) is 24.6 Å². The Hall–Kier alpha value is -2.69. The Morgan fingerprint density at radius 2 is 1.82 bits per heavy atom. The molecule has 5 heteroatoms. The van der Waals surface area contributed by atoms with Crippen LogP contribution >= 0.6 is 0 Å². The second kappa shape index (κ2) is 7.74. The van der Waals surface area contributed by atoms with Gasteiger partial charge in [0.15, 0.2) is 0 Å². The lowest BCUT2D eigenvalue weighted by Gasteiger charge is -2.32. The largest absolute Gasteiger partial charge is 0.323 e. The van der Waals surface area contributed by atoms with Crippen molar-refractivity contribution in [1.82, 2.24) is 0 Å². The Balaban J connectivity index is 1.53. The number of fused-ring (bicyclic) bond motifs is 1. The molecular formula is C23H25FN2O2. The van der Waals surface area contributed by atoms with Crippen molar-refractivity contribution in [3.8, 4) is 0 Å². The first-order valence-electron chi connectivity index (χ1n) is 10.0.